The number of hydrogen-bond acceptors (Lipinski definition) is 5. The van der Waals surface area contributed by atoms with Crippen LogP contribution in [0.25, 0.3) is 6.08 Å². The second kappa shape index (κ2) is 6.44. The number of nitrogens with zero attached hydrogens (tertiary/aromatic N) is 1. The zero-order chi connectivity index (χ0) is 13.5. The minimum atomic E-state index is -0.488. The molecule has 0 saturated heterocycles. The lowest BCUT2D eigenvalue weighted by atomic mass is 10.1. The molecule has 0 aromatic heterocycles. The smallest absolute Gasteiger partial charge is 0.281 e. The van der Waals surface area contributed by atoms with Crippen LogP contribution in [0.4, 0.5) is 5.69 Å². The summed E-state index contributed by atoms with van der Waals surface area (Å²) in [6.07, 6.45) is 3.05. The van der Waals surface area contributed by atoms with E-state index >= 15 is 0 Å². The maximum atomic E-state index is 10.9. The van der Waals surface area contributed by atoms with Gasteiger partial charge < -0.3 is 15.2 Å². The second-order valence-corrected chi connectivity index (χ2v) is 3.27. The highest BCUT2D eigenvalue weighted by Gasteiger charge is 2.17. The molecular weight excluding hydrogens is 236 g/mol. The van der Waals surface area contributed by atoms with Gasteiger partial charge in [0.15, 0.2) is 11.5 Å². The third-order valence-corrected chi connectivity index (χ3v) is 2.20. The Hall–Kier alpha value is -2.30. The van der Waals surface area contributed by atoms with Crippen LogP contribution in [0.1, 0.15) is 5.56 Å². The highest BCUT2D eigenvalue weighted by molar-refractivity contribution is 5.66. The second-order valence-electron chi connectivity index (χ2n) is 3.27. The molecule has 6 heteroatoms. The van der Waals surface area contributed by atoms with E-state index in [2.05, 4.69) is 5.73 Å². The van der Waals surface area contributed by atoms with E-state index in [9.17, 15) is 10.1 Å². The molecule has 1 aromatic carbocycles. The molecule has 0 bridgehead atoms. The topological polar surface area (TPSA) is 87.6 Å². The van der Waals surface area contributed by atoms with E-state index in [0.29, 0.717) is 23.6 Å². The van der Waals surface area contributed by atoms with Crippen molar-refractivity contribution in [2.24, 2.45) is 5.73 Å². The molecule has 0 heterocycles. The molecule has 0 unspecified atom stereocenters. The van der Waals surface area contributed by atoms with E-state index < -0.39 is 4.92 Å². The molecule has 0 radical (unpaired) electrons. The number of hydrogen-bond donors (Lipinski definition) is 1. The summed E-state index contributed by atoms with van der Waals surface area (Å²) < 4.78 is 10.1. The molecule has 96 valence electrons. The molecule has 0 amide bonds. The molecule has 6 nitrogen and oxygen atoms in total. The minimum Gasteiger partial charge on any atom is -0.493 e. The number of methoxy groups -OCH3 is 2. The Labute approximate surface area is 104 Å². The highest BCUT2D eigenvalue weighted by Crippen LogP contribution is 2.34. The Balaban J connectivity index is 3.38. The van der Waals surface area contributed by atoms with Crippen molar-refractivity contribution < 1.29 is 14.4 Å². The van der Waals surface area contributed by atoms with Gasteiger partial charge in [0.05, 0.1) is 30.8 Å². The van der Waals surface area contributed by atoms with Gasteiger partial charge >= 0.3 is 0 Å². The van der Waals surface area contributed by atoms with Crippen LogP contribution in [-0.4, -0.2) is 25.7 Å². The highest BCUT2D eigenvalue weighted by atomic mass is 16.6. The number of ether oxygens (including phenoxy) is 2. The first-order chi connectivity index (χ1) is 8.63. The average molecular weight is 250 g/mol. The van der Waals surface area contributed by atoms with Crippen LogP contribution in [0, 0.1) is 10.1 Å². The number of nitro benzene ring substituents is 1. The molecular formula is C12H14N2O4. The quantitative estimate of drug-likeness (QED) is 0.488. The maximum Gasteiger partial charge on any atom is 0.281 e. The summed E-state index contributed by atoms with van der Waals surface area (Å²) in [5.74, 6) is 0.730. The molecule has 18 heavy (non-hydrogen) atoms. The van der Waals surface area contributed by atoms with Gasteiger partial charge in [0.2, 0.25) is 0 Å². The van der Waals surface area contributed by atoms with Crippen LogP contribution >= 0.6 is 0 Å². The van der Waals surface area contributed by atoms with Crippen LogP contribution in [0.5, 0.6) is 11.5 Å². The lowest BCUT2D eigenvalue weighted by molar-refractivity contribution is -0.385. The van der Waals surface area contributed by atoms with Gasteiger partial charge in [0, 0.05) is 6.54 Å². The number of rotatable bonds is 5. The fraction of sp³-hybridized carbons (Fsp3) is 0.250. The van der Waals surface area contributed by atoms with Crippen molar-refractivity contribution >= 4 is 11.8 Å². The minimum absolute atomic E-state index is 0.0782. The summed E-state index contributed by atoms with van der Waals surface area (Å²) in [6.45, 7) is 0.317. The fourth-order valence-electron chi connectivity index (χ4n) is 1.37. The number of nitro groups is 1. The van der Waals surface area contributed by atoms with E-state index in [0.717, 1.165) is 0 Å². The summed E-state index contributed by atoms with van der Waals surface area (Å²) in [4.78, 5) is 10.5. The Morgan fingerprint density at radius 2 is 2.00 bits per heavy atom. The van der Waals surface area contributed by atoms with Crippen molar-refractivity contribution in [1.29, 1.82) is 0 Å². The summed E-state index contributed by atoms with van der Waals surface area (Å²) in [7, 11) is 2.89. The SMILES string of the molecule is COc1cc(C=C=CCN)c([N+](=O)[O-])cc1OC. The fourth-order valence-corrected chi connectivity index (χ4v) is 1.37. The van der Waals surface area contributed by atoms with Crippen LogP contribution in [0.2, 0.25) is 0 Å². The van der Waals surface area contributed by atoms with Gasteiger partial charge in [-0.25, -0.2) is 0 Å². The van der Waals surface area contributed by atoms with Crippen LogP contribution in [0.15, 0.2) is 23.9 Å². The summed E-state index contributed by atoms with van der Waals surface area (Å²) in [6, 6.07) is 2.84. The van der Waals surface area contributed by atoms with Gasteiger partial charge in [0.25, 0.3) is 5.69 Å². The third kappa shape index (κ3) is 3.10. The first-order valence-electron chi connectivity index (χ1n) is 5.15. The third-order valence-electron chi connectivity index (χ3n) is 2.20. The van der Waals surface area contributed by atoms with Crippen LogP contribution < -0.4 is 15.2 Å². The van der Waals surface area contributed by atoms with Gasteiger partial charge in [-0.2, -0.15) is 0 Å². The van der Waals surface area contributed by atoms with Crippen LogP contribution in [-0.2, 0) is 0 Å². The van der Waals surface area contributed by atoms with Gasteiger partial charge in [-0.1, -0.05) is 0 Å². The van der Waals surface area contributed by atoms with Gasteiger partial charge in [-0.3, -0.25) is 10.1 Å². The monoisotopic (exact) mass is 250 g/mol. The van der Waals surface area contributed by atoms with E-state index in [1.165, 1.54) is 32.4 Å². The normalized spacial score (nSPS) is 9.28. The number of nitrogens with two attached hydrogens (primary N) is 1. The van der Waals surface area contributed by atoms with E-state index in [1.807, 2.05) is 0 Å². The molecule has 0 spiro atoms. The predicted octanol–water partition coefficient (Wildman–Crippen LogP) is 1.74. The van der Waals surface area contributed by atoms with Crippen molar-refractivity contribution in [3.63, 3.8) is 0 Å². The molecule has 0 atom stereocenters. The van der Waals surface area contributed by atoms with Gasteiger partial charge in [-0.05, 0) is 18.2 Å². The standard InChI is InChI=1S/C12H14N2O4/c1-17-11-7-9(5-3-4-6-13)10(14(15)16)8-12(11)18-2/h4-5,7-8H,6,13H2,1-2H3. The molecule has 0 aliphatic rings. The first-order valence-corrected chi connectivity index (χ1v) is 5.15. The largest absolute Gasteiger partial charge is 0.493 e. The molecule has 1 aromatic rings. The summed E-state index contributed by atoms with van der Waals surface area (Å²) >= 11 is 0. The molecule has 0 aliphatic carbocycles. The van der Waals surface area contributed by atoms with Crippen molar-refractivity contribution in [2.45, 2.75) is 0 Å². The average Bonchev–Trinajstić information content (AvgIpc) is 2.38. The lowest BCUT2D eigenvalue weighted by Gasteiger charge is -2.08. The first kappa shape index (κ1) is 13.8. The molecule has 0 aliphatic heterocycles. The Kier molecular flexibility index (Phi) is 4.92. The van der Waals surface area contributed by atoms with Crippen molar-refractivity contribution in [1.82, 2.24) is 0 Å². The molecule has 2 N–H and O–H groups in total. The Bertz CT molecular complexity index is 505. The van der Waals surface area contributed by atoms with Gasteiger partial charge in [0.1, 0.15) is 0 Å². The maximum absolute atomic E-state index is 10.9. The zero-order valence-corrected chi connectivity index (χ0v) is 10.2. The predicted molar refractivity (Wildman–Crippen MR) is 67.8 cm³/mol. The Morgan fingerprint density at radius 1 is 1.39 bits per heavy atom. The lowest BCUT2D eigenvalue weighted by Crippen LogP contribution is -1.96. The van der Waals surface area contributed by atoms with Gasteiger partial charge in [-0.15, -0.1) is 5.73 Å². The van der Waals surface area contributed by atoms with Crippen LogP contribution in [0.3, 0.4) is 0 Å². The van der Waals surface area contributed by atoms with Crippen molar-refractivity contribution in [3.8, 4) is 11.5 Å². The summed E-state index contributed by atoms with van der Waals surface area (Å²) in [5, 5.41) is 10.9. The number of benzene rings is 1. The van der Waals surface area contributed by atoms with Crippen molar-refractivity contribution in [2.75, 3.05) is 20.8 Å². The molecule has 1 rings (SSSR count). The molecule has 0 fully saturated rings. The van der Waals surface area contributed by atoms with Crippen molar-refractivity contribution in [3.05, 3.63) is 39.6 Å². The summed E-state index contributed by atoms with van der Waals surface area (Å²) in [5.41, 5.74) is 8.33. The van der Waals surface area contributed by atoms with E-state index in [1.54, 1.807) is 6.08 Å². The zero-order valence-electron chi connectivity index (χ0n) is 10.2. The van der Waals surface area contributed by atoms with E-state index in [-0.39, 0.29) is 5.69 Å². The Morgan fingerprint density at radius 3 is 2.50 bits per heavy atom. The molecule has 0 saturated carbocycles. The van der Waals surface area contributed by atoms with E-state index in [4.69, 9.17) is 15.2 Å².